The van der Waals surface area contributed by atoms with Crippen LogP contribution in [0.4, 0.5) is 18.9 Å². The molecule has 0 unspecified atom stereocenters. The van der Waals surface area contributed by atoms with Crippen molar-refractivity contribution in [2.45, 2.75) is 58.8 Å². The van der Waals surface area contributed by atoms with Crippen LogP contribution in [0.25, 0.3) is 0 Å². The molecule has 0 saturated heterocycles. The number of aryl methyl sites for hydroxylation is 1. The van der Waals surface area contributed by atoms with Gasteiger partial charge in [0.25, 0.3) is 0 Å². The van der Waals surface area contributed by atoms with E-state index in [9.17, 15) is 31.2 Å². The average molecular weight is 542 g/mol. The lowest BCUT2D eigenvalue weighted by Crippen LogP contribution is -2.47. The Balaban J connectivity index is 2.20. The number of carbonyl (C=O) groups is 2. The fraction of sp³-hybridized carbons (Fsp3) is 0.462. The number of sulfonamides is 1. The molecule has 7 nitrogen and oxygen atoms in total. The van der Waals surface area contributed by atoms with Crippen LogP contribution in [0.15, 0.2) is 48.5 Å². The number of anilines is 1. The topological polar surface area (TPSA) is 86.8 Å². The lowest BCUT2D eigenvalue weighted by Gasteiger charge is -2.29. The van der Waals surface area contributed by atoms with Gasteiger partial charge in [0.2, 0.25) is 21.8 Å². The minimum absolute atomic E-state index is 0.0514. The van der Waals surface area contributed by atoms with E-state index in [1.807, 2.05) is 38.1 Å². The number of alkyl halides is 3. The zero-order valence-corrected chi connectivity index (χ0v) is 22.3. The lowest BCUT2D eigenvalue weighted by molar-refractivity contribution is -0.140. The Morgan fingerprint density at radius 3 is 2.35 bits per heavy atom. The molecule has 1 N–H and O–H groups in total. The summed E-state index contributed by atoms with van der Waals surface area (Å²) in [6.07, 6.45) is -3.03. The molecule has 0 spiro atoms. The zero-order valence-electron chi connectivity index (χ0n) is 21.5. The number of hydrogen-bond donors (Lipinski definition) is 1. The molecule has 0 aliphatic rings. The van der Waals surface area contributed by atoms with Gasteiger partial charge < -0.3 is 10.2 Å². The number of benzene rings is 2. The second kappa shape index (κ2) is 12.9. The Bertz CT molecular complexity index is 1190. The van der Waals surface area contributed by atoms with Gasteiger partial charge in [-0.1, -0.05) is 42.8 Å². The van der Waals surface area contributed by atoms with Gasteiger partial charge in [-0.3, -0.25) is 13.9 Å². The summed E-state index contributed by atoms with van der Waals surface area (Å²) < 4.78 is 65.0. The van der Waals surface area contributed by atoms with Crippen molar-refractivity contribution in [3.8, 4) is 0 Å². The van der Waals surface area contributed by atoms with Gasteiger partial charge in [-0.05, 0) is 50.5 Å². The second-order valence-corrected chi connectivity index (χ2v) is 10.9. The van der Waals surface area contributed by atoms with Crippen LogP contribution in [-0.2, 0) is 32.3 Å². The third kappa shape index (κ3) is 9.07. The van der Waals surface area contributed by atoms with E-state index in [-0.39, 0.29) is 43.4 Å². The molecule has 2 amide bonds. The van der Waals surface area contributed by atoms with Crippen LogP contribution >= 0.6 is 0 Å². The summed E-state index contributed by atoms with van der Waals surface area (Å²) in [5, 5.41) is 2.79. The zero-order chi connectivity index (χ0) is 27.8. The number of hydrogen-bond acceptors (Lipinski definition) is 4. The van der Waals surface area contributed by atoms with Gasteiger partial charge in [0.15, 0.2) is 0 Å². The molecule has 2 aromatic rings. The predicted octanol–water partition coefficient (Wildman–Crippen LogP) is 4.50. The quantitative estimate of drug-likeness (QED) is 0.429. The summed E-state index contributed by atoms with van der Waals surface area (Å²) in [5.74, 6) is -0.664. The molecule has 0 aliphatic heterocycles. The molecule has 11 heteroatoms. The second-order valence-electron chi connectivity index (χ2n) is 8.96. The molecule has 0 saturated carbocycles. The fourth-order valence-electron chi connectivity index (χ4n) is 3.83. The van der Waals surface area contributed by atoms with E-state index in [1.54, 1.807) is 6.92 Å². The molecule has 0 aliphatic carbocycles. The largest absolute Gasteiger partial charge is 0.416 e. The highest BCUT2D eigenvalue weighted by Gasteiger charge is 2.32. The normalized spacial score (nSPS) is 12.6. The molecule has 0 heterocycles. The molecule has 0 bridgehead atoms. The lowest BCUT2D eigenvalue weighted by atomic mass is 10.1. The smallest absolute Gasteiger partial charge is 0.354 e. The van der Waals surface area contributed by atoms with E-state index < -0.39 is 27.8 Å². The van der Waals surface area contributed by atoms with Crippen molar-refractivity contribution in [3.63, 3.8) is 0 Å². The maximum atomic E-state index is 13.2. The Labute approximate surface area is 216 Å². The summed E-state index contributed by atoms with van der Waals surface area (Å²) in [5.41, 5.74) is 0.739. The monoisotopic (exact) mass is 541 g/mol. The maximum Gasteiger partial charge on any atom is 0.416 e. The molecule has 2 aromatic carbocycles. The first-order valence-corrected chi connectivity index (χ1v) is 13.9. The molecular weight excluding hydrogens is 507 g/mol. The minimum Gasteiger partial charge on any atom is -0.354 e. The van der Waals surface area contributed by atoms with Crippen molar-refractivity contribution in [2.75, 3.05) is 23.7 Å². The molecule has 0 aromatic heterocycles. The summed E-state index contributed by atoms with van der Waals surface area (Å²) in [6.45, 7) is 5.92. The van der Waals surface area contributed by atoms with Gasteiger partial charge in [-0.2, -0.15) is 13.2 Å². The van der Waals surface area contributed by atoms with E-state index >= 15 is 0 Å². The van der Waals surface area contributed by atoms with Crippen molar-refractivity contribution in [1.29, 1.82) is 0 Å². The predicted molar refractivity (Wildman–Crippen MR) is 137 cm³/mol. The van der Waals surface area contributed by atoms with Crippen molar-refractivity contribution < 1.29 is 31.2 Å². The first-order valence-electron chi connectivity index (χ1n) is 12.0. The highest BCUT2D eigenvalue weighted by atomic mass is 32.2. The van der Waals surface area contributed by atoms with Crippen LogP contribution in [0.2, 0.25) is 0 Å². The molecule has 204 valence electrons. The number of carbonyl (C=O) groups excluding carboxylic acids is 2. The molecule has 1 atom stereocenters. The number of amides is 2. The Morgan fingerprint density at radius 2 is 1.76 bits per heavy atom. The number of halogens is 3. The van der Waals surface area contributed by atoms with Crippen molar-refractivity contribution in [3.05, 3.63) is 65.2 Å². The average Bonchev–Trinajstić information content (AvgIpc) is 2.82. The van der Waals surface area contributed by atoms with Gasteiger partial charge in [0.05, 0.1) is 17.5 Å². The van der Waals surface area contributed by atoms with Gasteiger partial charge in [0, 0.05) is 26.1 Å². The highest BCUT2D eigenvalue weighted by molar-refractivity contribution is 7.92. The molecule has 2 rings (SSSR count). The van der Waals surface area contributed by atoms with Crippen molar-refractivity contribution >= 4 is 27.5 Å². The molecule has 0 radical (unpaired) electrons. The van der Waals surface area contributed by atoms with Gasteiger partial charge in [-0.15, -0.1) is 0 Å². The van der Waals surface area contributed by atoms with Gasteiger partial charge in [-0.25, -0.2) is 8.42 Å². The first kappa shape index (κ1) is 30.1. The molecular formula is C26H34F3N3O4S. The Hall–Kier alpha value is -3.08. The summed E-state index contributed by atoms with van der Waals surface area (Å²) >= 11 is 0. The van der Waals surface area contributed by atoms with E-state index in [4.69, 9.17) is 0 Å². The van der Waals surface area contributed by atoms with Crippen LogP contribution < -0.4 is 9.62 Å². The van der Waals surface area contributed by atoms with Crippen LogP contribution in [0, 0.1) is 6.92 Å². The van der Waals surface area contributed by atoms with Crippen LogP contribution in [-0.4, -0.2) is 50.5 Å². The van der Waals surface area contributed by atoms with E-state index in [1.165, 1.54) is 11.0 Å². The van der Waals surface area contributed by atoms with Crippen LogP contribution in [0.1, 0.15) is 49.8 Å². The van der Waals surface area contributed by atoms with Gasteiger partial charge in [0.1, 0.15) is 6.04 Å². The Morgan fingerprint density at radius 1 is 1.08 bits per heavy atom. The Kier molecular flexibility index (Phi) is 10.5. The van der Waals surface area contributed by atoms with Crippen molar-refractivity contribution in [2.24, 2.45) is 0 Å². The number of rotatable bonds is 12. The fourth-order valence-corrected chi connectivity index (χ4v) is 4.78. The summed E-state index contributed by atoms with van der Waals surface area (Å²) in [4.78, 5) is 27.3. The number of nitrogens with zero attached hydrogens (tertiary/aromatic N) is 2. The maximum absolute atomic E-state index is 13.2. The van der Waals surface area contributed by atoms with Crippen LogP contribution in [0.5, 0.6) is 0 Å². The first-order chi connectivity index (χ1) is 17.2. The van der Waals surface area contributed by atoms with E-state index in [0.717, 1.165) is 46.3 Å². The summed E-state index contributed by atoms with van der Waals surface area (Å²) in [7, 11) is -3.91. The van der Waals surface area contributed by atoms with Crippen molar-refractivity contribution in [1.82, 2.24) is 10.2 Å². The SMILES string of the molecule is CCCNC(=O)[C@@H](C)N(Cc1cccc(C)c1)C(=O)CCCN(c1cccc(C(F)(F)F)c1)S(C)(=O)=O. The van der Waals surface area contributed by atoms with E-state index in [2.05, 4.69) is 5.32 Å². The minimum atomic E-state index is -4.63. The van der Waals surface area contributed by atoms with E-state index in [0.29, 0.717) is 6.54 Å². The molecule has 0 fully saturated rings. The standard InChI is InChI=1S/C26H34F3N3O4S/c1-5-14-30-25(34)20(3)31(18-21-10-6-9-19(2)16-21)24(33)13-8-15-32(37(4,35)36)23-12-7-11-22(17-23)26(27,28)29/h6-7,9-12,16-17,20H,5,8,13-15,18H2,1-4H3,(H,30,34)/t20-/m1/s1. The van der Waals surface area contributed by atoms with Gasteiger partial charge >= 0.3 is 6.18 Å². The molecule has 37 heavy (non-hydrogen) atoms. The highest BCUT2D eigenvalue weighted by Crippen LogP contribution is 2.32. The third-order valence-electron chi connectivity index (χ3n) is 5.77. The van der Waals surface area contributed by atoms with Crippen LogP contribution in [0.3, 0.4) is 0 Å². The third-order valence-corrected chi connectivity index (χ3v) is 6.96. The number of nitrogens with one attached hydrogen (secondary N) is 1. The summed E-state index contributed by atoms with van der Waals surface area (Å²) in [6, 6.07) is 10.8.